The molecule has 0 spiro atoms. The third-order valence-electron chi connectivity index (χ3n) is 3.36. The van der Waals surface area contributed by atoms with E-state index >= 15 is 0 Å². The molecule has 1 atom stereocenters. The van der Waals surface area contributed by atoms with Crippen molar-refractivity contribution in [3.63, 3.8) is 0 Å². The number of carbonyl (C=O) groups is 1. The first-order valence-corrected chi connectivity index (χ1v) is 7.72. The van der Waals surface area contributed by atoms with Crippen molar-refractivity contribution in [1.29, 1.82) is 0 Å². The SMILES string of the molecule is CSCCC(C)N(C)C(=O)CN1CCNCC1. The molecule has 1 fully saturated rings. The van der Waals surface area contributed by atoms with Gasteiger partial charge in [-0.1, -0.05) is 0 Å². The van der Waals surface area contributed by atoms with Crippen LogP contribution >= 0.6 is 11.8 Å². The van der Waals surface area contributed by atoms with Crippen LogP contribution in [0, 0.1) is 0 Å². The summed E-state index contributed by atoms with van der Waals surface area (Å²) in [5.74, 6) is 1.37. The molecule has 1 N–H and O–H groups in total. The van der Waals surface area contributed by atoms with Gasteiger partial charge < -0.3 is 10.2 Å². The number of rotatable bonds is 6. The van der Waals surface area contributed by atoms with Crippen LogP contribution in [-0.4, -0.2) is 73.5 Å². The molecule has 1 aliphatic rings. The van der Waals surface area contributed by atoms with Crippen molar-refractivity contribution in [3.8, 4) is 0 Å². The molecule has 0 saturated carbocycles. The highest BCUT2D eigenvalue weighted by Gasteiger charge is 2.19. The van der Waals surface area contributed by atoms with Gasteiger partial charge in [0.15, 0.2) is 0 Å². The molecule has 0 aromatic heterocycles. The van der Waals surface area contributed by atoms with Crippen molar-refractivity contribution in [2.75, 3.05) is 51.8 Å². The average molecular weight is 259 g/mol. The van der Waals surface area contributed by atoms with Gasteiger partial charge in [-0.2, -0.15) is 11.8 Å². The Kier molecular flexibility index (Phi) is 6.92. The first kappa shape index (κ1) is 14.8. The lowest BCUT2D eigenvalue weighted by Gasteiger charge is -2.30. The summed E-state index contributed by atoms with van der Waals surface area (Å²) < 4.78 is 0. The number of nitrogens with one attached hydrogen (secondary N) is 1. The van der Waals surface area contributed by atoms with Crippen molar-refractivity contribution in [1.82, 2.24) is 15.1 Å². The molecule has 1 aliphatic heterocycles. The van der Waals surface area contributed by atoms with Crippen LogP contribution < -0.4 is 5.32 Å². The Labute approximate surface area is 109 Å². The first-order valence-electron chi connectivity index (χ1n) is 6.33. The maximum absolute atomic E-state index is 12.1. The van der Waals surface area contributed by atoms with E-state index in [1.54, 1.807) is 0 Å². The number of hydrogen-bond acceptors (Lipinski definition) is 4. The van der Waals surface area contributed by atoms with Crippen LogP contribution in [0.25, 0.3) is 0 Å². The number of likely N-dealkylation sites (N-methyl/N-ethyl adjacent to an activating group) is 1. The highest BCUT2D eigenvalue weighted by atomic mass is 32.2. The molecular formula is C12H25N3OS. The topological polar surface area (TPSA) is 35.6 Å². The van der Waals surface area contributed by atoms with Crippen molar-refractivity contribution in [3.05, 3.63) is 0 Å². The van der Waals surface area contributed by atoms with E-state index in [-0.39, 0.29) is 5.91 Å². The van der Waals surface area contributed by atoms with E-state index in [0.717, 1.165) is 38.4 Å². The van der Waals surface area contributed by atoms with Gasteiger partial charge >= 0.3 is 0 Å². The fraction of sp³-hybridized carbons (Fsp3) is 0.917. The number of nitrogens with zero attached hydrogens (tertiary/aromatic N) is 2. The third kappa shape index (κ3) is 5.27. The maximum atomic E-state index is 12.1. The monoisotopic (exact) mass is 259 g/mol. The van der Waals surface area contributed by atoms with E-state index < -0.39 is 0 Å². The number of carbonyl (C=O) groups excluding carboxylic acids is 1. The minimum absolute atomic E-state index is 0.250. The molecule has 0 radical (unpaired) electrons. The van der Waals surface area contributed by atoms with Gasteiger partial charge in [-0.05, 0) is 25.4 Å². The van der Waals surface area contributed by atoms with E-state index in [4.69, 9.17) is 0 Å². The summed E-state index contributed by atoms with van der Waals surface area (Å²) in [6, 6.07) is 0.345. The zero-order valence-corrected chi connectivity index (χ0v) is 12.1. The summed E-state index contributed by atoms with van der Waals surface area (Å²) in [5.41, 5.74) is 0. The number of piperazine rings is 1. The molecule has 4 nitrogen and oxygen atoms in total. The Morgan fingerprint density at radius 3 is 2.71 bits per heavy atom. The highest BCUT2D eigenvalue weighted by Crippen LogP contribution is 2.07. The quantitative estimate of drug-likeness (QED) is 0.753. The van der Waals surface area contributed by atoms with Crippen LogP contribution in [0.15, 0.2) is 0 Å². The van der Waals surface area contributed by atoms with Crippen LogP contribution in [0.3, 0.4) is 0 Å². The Morgan fingerprint density at radius 2 is 2.12 bits per heavy atom. The standard InChI is InChI=1S/C12H25N3OS/c1-11(4-9-17-3)14(2)12(16)10-15-7-5-13-6-8-15/h11,13H,4-10H2,1-3H3. The highest BCUT2D eigenvalue weighted by molar-refractivity contribution is 7.98. The molecule has 1 rings (SSSR count). The summed E-state index contributed by atoms with van der Waals surface area (Å²) in [6.45, 7) is 6.67. The van der Waals surface area contributed by atoms with Gasteiger partial charge in [-0.3, -0.25) is 9.69 Å². The van der Waals surface area contributed by atoms with Gasteiger partial charge in [-0.15, -0.1) is 0 Å². The Morgan fingerprint density at radius 1 is 1.47 bits per heavy atom. The first-order chi connectivity index (χ1) is 8.15. The van der Waals surface area contributed by atoms with E-state index in [1.165, 1.54) is 0 Å². The minimum atomic E-state index is 0.250. The van der Waals surface area contributed by atoms with Crippen molar-refractivity contribution in [2.24, 2.45) is 0 Å². The molecule has 1 unspecified atom stereocenters. The second-order valence-corrected chi connectivity index (χ2v) is 5.65. The van der Waals surface area contributed by atoms with Crippen LogP contribution in [0.5, 0.6) is 0 Å². The van der Waals surface area contributed by atoms with E-state index in [0.29, 0.717) is 12.6 Å². The van der Waals surface area contributed by atoms with Gasteiger partial charge in [0.1, 0.15) is 0 Å². The molecule has 0 aromatic carbocycles. The molecule has 0 aliphatic carbocycles. The van der Waals surface area contributed by atoms with Gasteiger partial charge in [0.05, 0.1) is 6.54 Å². The summed E-state index contributed by atoms with van der Waals surface area (Å²) >= 11 is 1.84. The molecule has 5 heteroatoms. The average Bonchev–Trinajstić information content (AvgIpc) is 2.36. The third-order valence-corrected chi connectivity index (χ3v) is 4.01. The van der Waals surface area contributed by atoms with Gasteiger partial charge in [0, 0.05) is 39.3 Å². The predicted molar refractivity (Wildman–Crippen MR) is 74.5 cm³/mol. The molecule has 1 heterocycles. The normalized spacial score (nSPS) is 19.0. The smallest absolute Gasteiger partial charge is 0.236 e. The van der Waals surface area contributed by atoms with Gasteiger partial charge in [0.25, 0.3) is 0 Å². The molecular weight excluding hydrogens is 234 g/mol. The van der Waals surface area contributed by atoms with Crippen LogP contribution in [-0.2, 0) is 4.79 Å². The maximum Gasteiger partial charge on any atom is 0.236 e. The van der Waals surface area contributed by atoms with Crippen molar-refractivity contribution >= 4 is 17.7 Å². The minimum Gasteiger partial charge on any atom is -0.342 e. The predicted octanol–water partition coefficient (Wildman–Crippen LogP) is 0.492. The largest absolute Gasteiger partial charge is 0.342 e. The van der Waals surface area contributed by atoms with Crippen molar-refractivity contribution < 1.29 is 4.79 Å². The Bertz CT molecular complexity index is 232. The fourth-order valence-corrected chi connectivity index (χ4v) is 2.48. The summed E-state index contributed by atoms with van der Waals surface area (Å²) in [6.07, 6.45) is 3.18. The Hall–Kier alpha value is -0.260. The zero-order chi connectivity index (χ0) is 12.7. The van der Waals surface area contributed by atoms with E-state index in [9.17, 15) is 4.79 Å². The second kappa shape index (κ2) is 7.95. The van der Waals surface area contributed by atoms with Crippen LogP contribution in [0.1, 0.15) is 13.3 Å². The lowest BCUT2D eigenvalue weighted by molar-refractivity contribution is -0.133. The zero-order valence-electron chi connectivity index (χ0n) is 11.2. The molecule has 100 valence electrons. The molecule has 1 amide bonds. The molecule has 0 aromatic rings. The number of thioether (sulfide) groups is 1. The van der Waals surface area contributed by atoms with Crippen molar-refractivity contribution in [2.45, 2.75) is 19.4 Å². The number of amides is 1. The van der Waals surface area contributed by atoms with Gasteiger partial charge in [-0.25, -0.2) is 0 Å². The summed E-state index contributed by atoms with van der Waals surface area (Å²) in [7, 11) is 1.93. The van der Waals surface area contributed by atoms with E-state index in [1.807, 2.05) is 23.7 Å². The lowest BCUT2D eigenvalue weighted by Crippen LogP contribution is -2.49. The molecule has 17 heavy (non-hydrogen) atoms. The van der Waals surface area contributed by atoms with Crippen LogP contribution in [0.2, 0.25) is 0 Å². The summed E-state index contributed by atoms with van der Waals surface area (Å²) in [5, 5.41) is 3.30. The molecule has 0 bridgehead atoms. The fourth-order valence-electron chi connectivity index (χ4n) is 1.90. The lowest BCUT2D eigenvalue weighted by atomic mass is 10.2. The Balaban J connectivity index is 2.29. The van der Waals surface area contributed by atoms with E-state index in [2.05, 4.69) is 23.4 Å². The second-order valence-electron chi connectivity index (χ2n) is 4.66. The van der Waals surface area contributed by atoms with Crippen LogP contribution in [0.4, 0.5) is 0 Å². The summed E-state index contributed by atoms with van der Waals surface area (Å²) in [4.78, 5) is 16.2. The molecule has 1 saturated heterocycles. The van der Waals surface area contributed by atoms with Gasteiger partial charge in [0.2, 0.25) is 5.91 Å². The number of hydrogen-bond donors (Lipinski definition) is 1.